The molecule has 0 aromatic rings. The van der Waals surface area contributed by atoms with E-state index in [0.29, 0.717) is 6.04 Å². The molecule has 1 aliphatic rings. The molecule has 3 nitrogen and oxygen atoms in total. The molecule has 4 heteroatoms. The molecule has 0 unspecified atom stereocenters. The van der Waals surface area contributed by atoms with Gasteiger partial charge in [0, 0.05) is 25.3 Å². The van der Waals surface area contributed by atoms with E-state index in [1.54, 1.807) is 0 Å². The Morgan fingerprint density at radius 2 is 1.45 bits per heavy atom. The number of nitrogens with zero attached hydrogens (tertiary/aromatic N) is 1. The van der Waals surface area contributed by atoms with Crippen molar-refractivity contribution in [2.24, 2.45) is 0 Å². The summed E-state index contributed by atoms with van der Waals surface area (Å²) in [6.45, 7) is 8.30. The Balaban J connectivity index is 2.78. The first kappa shape index (κ1) is 18.1. The zero-order chi connectivity index (χ0) is 14.8. The molecule has 0 radical (unpaired) electrons. The van der Waals surface area contributed by atoms with Gasteiger partial charge in [0.15, 0.2) is 0 Å². The summed E-state index contributed by atoms with van der Waals surface area (Å²) in [6, 6.07) is 1.77. The lowest BCUT2D eigenvalue weighted by atomic mass is 9.96. The lowest BCUT2D eigenvalue weighted by molar-refractivity contribution is 0.0937. The van der Waals surface area contributed by atoms with Gasteiger partial charge in [-0.2, -0.15) is 0 Å². The summed E-state index contributed by atoms with van der Waals surface area (Å²) in [5.41, 5.74) is 0. The number of hydrogen-bond acceptors (Lipinski definition) is 3. The molecule has 0 aliphatic heterocycles. The first-order valence-electron chi connectivity index (χ1n) is 8.71. The quantitative estimate of drug-likeness (QED) is 0.556. The molecule has 1 aliphatic carbocycles. The SMILES string of the molecule is CCCO[Si](CCC)(OCCC)N(C)C1CCCCC1. The molecule has 0 atom stereocenters. The van der Waals surface area contributed by atoms with Crippen LogP contribution in [-0.2, 0) is 8.85 Å². The normalized spacial score (nSPS) is 17.9. The first-order chi connectivity index (χ1) is 9.70. The van der Waals surface area contributed by atoms with Crippen molar-refractivity contribution in [3.8, 4) is 0 Å². The molecule has 0 saturated heterocycles. The third-order valence-corrected chi connectivity index (χ3v) is 8.17. The van der Waals surface area contributed by atoms with Crippen molar-refractivity contribution in [2.75, 3.05) is 20.3 Å². The zero-order valence-electron chi connectivity index (χ0n) is 14.1. The summed E-state index contributed by atoms with van der Waals surface area (Å²) in [7, 11) is 0.0721. The van der Waals surface area contributed by atoms with Crippen molar-refractivity contribution in [3.05, 3.63) is 0 Å². The molecule has 0 spiro atoms. The van der Waals surface area contributed by atoms with E-state index in [1.807, 2.05) is 0 Å². The molecule has 120 valence electrons. The minimum Gasteiger partial charge on any atom is -0.383 e. The van der Waals surface area contributed by atoms with Crippen LogP contribution in [-0.4, -0.2) is 39.6 Å². The highest BCUT2D eigenvalue weighted by molar-refractivity contribution is 6.64. The molecule has 0 heterocycles. The van der Waals surface area contributed by atoms with Crippen molar-refractivity contribution < 1.29 is 8.85 Å². The van der Waals surface area contributed by atoms with Crippen LogP contribution < -0.4 is 0 Å². The second-order valence-corrected chi connectivity index (χ2v) is 9.27. The van der Waals surface area contributed by atoms with Gasteiger partial charge in [0.25, 0.3) is 0 Å². The second kappa shape index (κ2) is 9.93. The highest BCUT2D eigenvalue weighted by Crippen LogP contribution is 2.29. The smallest absolute Gasteiger partial charge is 0.383 e. The number of rotatable bonds is 10. The van der Waals surface area contributed by atoms with Crippen LogP contribution in [0.2, 0.25) is 6.04 Å². The zero-order valence-corrected chi connectivity index (χ0v) is 15.1. The third-order valence-electron chi connectivity index (χ3n) is 4.29. The molecule has 0 bridgehead atoms. The largest absolute Gasteiger partial charge is 0.427 e. The van der Waals surface area contributed by atoms with Crippen LogP contribution in [0.4, 0.5) is 0 Å². The molecular formula is C16H35NO2Si. The van der Waals surface area contributed by atoms with E-state index in [0.717, 1.165) is 38.5 Å². The summed E-state index contributed by atoms with van der Waals surface area (Å²) in [5.74, 6) is 0. The van der Waals surface area contributed by atoms with Crippen LogP contribution >= 0.6 is 0 Å². The molecular weight excluding hydrogens is 266 g/mol. The predicted molar refractivity (Wildman–Crippen MR) is 88.0 cm³/mol. The van der Waals surface area contributed by atoms with E-state index in [9.17, 15) is 0 Å². The Kier molecular flexibility index (Phi) is 9.01. The van der Waals surface area contributed by atoms with Crippen LogP contribution in [0.1, 0.15) is 72.1 Å². The van der Waals surface area contributed by atoms with Gasteiger partial charge in [-0.25, -0.2) is 0 Å². The van der Waals surface area contributed by atoms with Gasteiger partial charge in [-0.05, 0) is 32.7 Å². The van der Waals surface area contributed by atoms with E-state index >= 15 is 0 Å². The Labute approximate surface area is 127 Å². The lowest BCUT2D eigenvalue weighted by Crippen LogP contribution is -2.60. The molecule has 1 saturated carbocycles. The Hall–Kier alpha value is 0.0969. The van der Waals surface area contributed by atoms with Crippen molar-refractivity contribution in [2.45, 2.75) is 84.2 Å². The number of hydrogen-bond donors (Lipinski definition) is 0. The van der Waals surface area contributed by atoms with E-state index in [2.05, 4.69) is 32.4 Å². The van der Waals surface area contributed by atoms with Gasteiger partial charge in [0.05, 0.1) is 0 Å². The summed E-state index contributed by atoms with van der Waals surface area (Å²) < 4.78 is 15.3. The summed E-state index contributed by atoms with van der Waals surface area (Å²) in [5, 5.41) is 0. The minimum atomic E-state index is -2.19. The predicted octanol–water partition coefficient (Wildman–Crippen LogP) is 4.45. The molecule has 0 aromatic heterocycles. The van der Waals surface area contributed by atoms with E-state index < -0.39 is 8.72 Å². The summed E-state index contributed by atoms with van der Waals surface area (Å²) in [6.07, 6.45) is 10.1. The van der Waals surface area contributed by atoms with Crippen molar-refractivity contribution in [1.82, 2.24) is 4.57 Å². The fraction of sp³-hybridized carbons (Fsp3) is 1.00. The van der Waals surface area contributed by atoms with Crippen LogP contribution in [0, 0.1) is 0 Å². The Morgan fingerprint density at radius 3 is 1.90 bits per heavy atom. The van der Waals surface area contributed by atoms with E-state index in [1.165, 1.54) is 32.1 Å². The second-order valence-electron chi connectivity index (χ2n) is 6.06. The maximum Gasteiger partial charge on any atom is 0.427 e. The molecule has 0 aromatic carbocycles. The van der Waals surface area contributed by atoms with Gasteiger partial charge >= 0.3 is 8.72 Å². The van der Waals surface area contributed by atoms with Crippen LogP contribution in [0.5, 0.6) is 0 Å². The molecule has 20 heavy (non-hydrogen) atoms. The summed E-state index contributed by atoms with van der Waals surface area (Å²) >= 11 is 0. The van der Waals surface area contributed by atoms with Crippen LogP contribution in [0.25, 0.3) is 0 Å². The standard InChI is InChI=1S/C16H35NO2Si/c1-5-13-18-20(15-7-3,19-14-6-2)17(4)16-11-9-8-10-12-16/h16H,5-15H2,1-4H3. The fourth-order valence-electron chi connectivity index (χ4n) is 3.15. The van der Waals surface area contributed by atoms with Crippen LogP contribution in [0.15, 0.2) is 0 Å². The van der Waals surface area contributed by atoms with Gasteiger partial charge in [-0.1, -0.05) is 46.5 Å². The van der Waals surface area contributed by atoms with Gasteiger partial charge in [0.1, 0.15) is 0 Å². The molecule has 1 fully saturated rings. The monoisotopic (exact) mass is 301 g/mol. The van der Waals surface area contributed by atoms with Gasteiger partial charge in [-0.3, -0.25) is 4.57 Å². The van der Waals surface area contributed by atoms with Crippen molar-refractivity contribution in [1.29, 1.82) is 0 Å². The highest BCUT2D eigenvalue weighted by atomic mass is 28.4. The van der Waals surface area contributed by atoms with Crippen molar-refractivity contribution >= 4 is 8.72 Å². The highest BCUT2D eigenvalue weighted by Gasteiger charge is 2.45. The van der Waals surface area contributed by atoms with Crippen LogP contribution in [0.3, 0.4) is 0 Å². The van der Waals surface area contributed by atoms with Gasteiger partial charge < -0.3 is 8.85 Å². The molecule has 1 rings (SSSR count). The van der Waals surface area contributed by atoms with Crippen molar-refractivity contribution in [3.63, 3.8) is 0 Å². The maximum absolute atomic E-state index is 6.38. The average molecular weight is 302 g/mol. The molecule has 0 amide bonds. The first-order valence-corrected chi connectivity index (χ1v) is 10.7. The van der Waals surface area contributed by atoms with Gasteiger partial charge in [-0.15, -0.1) is 0 Å². The topological polar surface area (TPSA) is 21.7 Å². The summed E-state index contributed by atoms with van der Waals surface area (Å²) in [4.78, 5) is 0. The maximum atomic E-state index is 6.38. The fourth-order valence-corrected chi connectivity index (χ4v) is 6.78. The Bertz CT molecular complexity index is 237. The average Bonchev–Trinajstić information content (AvgIpc) is 2.50. The molecule has 0 N–H and O–H groups in total. The Morgan fingerprint density at radius 1 is 0.900 bits per heavy atom. The lowest BCUT2D eigenvalue weighted by Gasteiger charge is -2.43. The van der Waals surface area contributed by atoms with E-state index in [-0.39, 0.29) is 0 Å². The minimum absolute atomic E-state index is 0.677. The third kappa shape index (κ3) is 5.13. The van der Waals surface area contributed by atoms with E-state index in [4.69, 9.17) is 8.85 Å². The van der Waals surface area contributed by atoms with Gasteiger partial charge in [0.2, 0.25) is 0 Å².